The first-order chi connectivity index (χ1) is 13.3. The molecule has 28 heavy (non-hydrogen) atoms. The minimum Gasteiger partial charge on any atom is -0.493 e. The van der Waals surface area contributed by atoms with E-state index in [1.54, 1.807) is 21.1 Å². The van der Waals surface area contributed by atoms with Gasteiger partial charge in [-0.25, -0.2) is 0 Å². The molecular formula is C22H34N2O4. The second-order valence-electron chi connectivity index (χ2n) is 8.56. The Morgan fingerprint density at radius 1 is 1.21 bits per heavy atom. The number of ether oxygens (including phenoxy) is 3. The number of nitrogens with two attached hydrogens (primary N) is 1. The molecule has 0 aliphatic carbocycles. The zero-order valence-electron chi connectivity index (χ0n) is 17.7. The lowest BCUT2D eigenvalue weighted by Gasteiger charge is -2.47. The van der Waals surface area contributed by atoms with E-state index in [1.807, 2.05) is 0 Å². The molecule has 0 amide bonds. The van der Waals surface area contributed by atoms with Crippen LogP contribution in [0.25, 0.3) is 0 Å². The lowest BCUT2D eigenvalue weighted by molar-refractivity contribution is -0.158. The quantitative estimate of drug-likeness (QED) is 0.753. The van der Waals surface area contributed by atoms with Gasteiger partial charge in [-0.1, -0.05) is 13.8 Å². The van der Waals surface area contributed by atoms with Crippen molar-refractivity contribution in [1.29, 1.82) is 0 Å². The average Bonchev–Trinajstić information content (AvgIpc) is 2.66. The van der Waals surface area contributed by atoms with E-state index in [2.05, 4.69) is 30.9 Å². The van der Waals surface area contributed by atoms with Crippen molar-refractivity contribution in [3.8, 4) is 11.5 Å². The van der Waals surface area contributed by atoms with Crippen molar-refractivity contribution in [3.63, 3.8) is 0 Å². The number of nitrogens with zero attached hydrogens (tertiary/aromatic N) is 1. The third kappa shape index (κ3) is 4.28. The second kappa shape index (κ2) is 8.70. The van der Waals surface area contributed by atoms with Crippen molar-refractivity contribution in [2.75, 3.05) is 27.3 Å². The van der Waals surface area contributed by atoms with Gasteiger partial charge in [0.05, 0.1) is 14.2 Å². The van der Waals surface area contributed by atoms with Crippen molar-refractivity contribution < 1.29 is 19.0 Å². The Kier molecular flexibility index (Phi) is 6.50. The summed E-state index contributed by atoms with van der Waals surface area (Å²) in [5, 5.41) is 0. The van der Waals surface area contributed by atoms with E-state index in [0.717, 1.165) is 43.9 Å². The Morgan fingerprint density at radius 3 is 2.50 bits per heavy atom. The van der Waals surface area contributed by atoms with Crippen molar-refractivity contribution in [3.05, 3.63) is 23.3 Å². The molecule has 0 radical (unpaired) electrons. The van der Waals surface area contributed by atoms with Crippen LogP contribution >= 0.6 is 0 Å². The fourth-order valence-corrected chi connectivity index (χ4v) is 4.64. The SMILES string of the molecule is COc1cc2c(cc1OC)[C@H]1C[C@@H](OC(=O)[C@@H](C)N)[C@H](CC(C)C)CN1CC2. The maximum Gasteiger partial charge on any atom is 0.322 e. The van der Waals surface area contributed by atoms with Crippen LogP contribution in [0.2, 0.25) is 0 Å². The predicted molar refractivity (Wildman–Crippen MR) is 109 cm³/mol. The molecule has 2 N–H and O–H groups in total. The number of methoxy groups -OCH3 is 2. The summed E-state index contributed by atoms with van der Waals surface area (Å²) in [6.07, 6.45) is 2.71. The lowest BCUT2D eigenvalue weighted by Crippen LogP contribution is -2.50. The summed E-state index contributed by atoms with van der Waals surface area (Å²) < 4.78 is 16.9. The molecule has 1 fully saturated rings. The number of carbonyl (C=O) groups is 1. The molecular weight excluding hydrogens is 356 g/mol. The van der Waals surface area contributed by atoms with Crippen LogP contribution in [0.1, 0.15) is 50.8 Å². The van der Waals surface area contributed by atoms with Crippen LogP contribution < -0.4 is 15.2 Å². The van der Waals surface area contributed by atoms with Crippen LogP contribution in [0.3, 0.4) is 0 Å². The number of piperidine rings is 1. The van der Waals surface area contributed by atoms with E-state index in [4.69, 9.17) is 19.9 Å². The fourth-order valence-electron chi connectivity index (χ4n) is 4.64. The summed E-state index contributed by atoms with van der Waals surface area (Å²) >= 11 is 0. The molecule has 1 saturated heterocycles. The number of fused-ring (bicyclic) bond motifs is 3. The molecule has 0 aromatic heterocycles. The van der Waals surface area contributed by atoms with E-state index in [0.29, 0.717) is 11.8 Å². The molecule has 3 rings (SSSR count). The zero-order chi connectivity index (χ0) is 20.4. The van der Waals surface area contributed by atoms with E-state index in [1.165, 1.54) is 11.1 Å². The number of hydrogen-bond donors (Lipinski definition) is 1. The highest BCUT2D eigenvalue weighted by atomic mass is 16.5. The van der Waals surface area contributed by atoms with Gasteiger partial charge in [0.25, 0.3) is 0 Å². The molecule has 0 bridgehead atoms. The Bertz CT molecular complexity index is 704. The van der Waals surface area contributed by atoms with Gasteiger partial charge in [0.15, 0.2) is 11.5 Å². The normalized spacial score (nSPS) is 25.6. The first kappa shape index (κ1) is 20.9. The Balaban J connectivity index is 1.90. The fraction of sp³-hybridized carbons (Fsp3) is 0.682. The van der Waals surface area contributed by atoms with Crippen LogP contribution in [0.15, 0.2) is 12.1 Å². The third-order valence-corrected chi connectivity index (χ3v) is 5.98. The lowest BCUT2D eigenvalue weighted by atomic mass is 9.79. The number of hydrogen-bond acceptors (Lipinski definition) is 6. The van der Waals surface area contributed by atoms with Gasteiger partial charge < -0.3 is 19.9 Å². The van der Waals surface area contributed by atoms with E-state index in [9.17, 15) is 4.79 Å². The van der Waals surface area contributed by atoms with Gasteiger partial charge >= 0.3 is 5.97 Å². The predicted octanol–water partition coefficient (Wildman–Crippen LogP) is 2.93. The Labute approximate surface area is 168 Å². The van der Waals surface area contributed by atoms with Gasteiger partial charge in [-0.2, -0.15) is 0 Å². The third-order valence-electron chi connectivity index (χ3n) is 5.98. The van der Waals surface area contributed by atoms with E-state index < -0.39 is 6.04 Å². The van der Waals surface area contributed by atoms with Gasteiger partial charge in [-0.15, -0.1) is 0 Å². The highest BCUT2D eigenvalue weighted by Crippen LogP contribution is 2.44. The topological polar surface area (TPSA) is 74.0 Å². The molecule has 0 saturated carbocycles. The Morgan fingerprint density at radius 2 is 1.89 bits per heavy atom. The average molecular weight is 391 g/mol. The molecule has 4 atom stereocenters. The van der Waals surface area contributed by atoms with Crippen LogP contribution in [-0.4, -0.2) is 50.3 Å². The number of rotatable bonds is 6. The van der Waals surface area contributed by atoms with Gasteiger partial charge in [-0.3, -0.25) is 9.69 Å². The summed E-state index contributed by atoms with van der Waals surface area (Å²) in [6.45, 7) is 8.07. The number of esters is 1. The smallest absolute Gasteiger partial charge is 0.322 e. The number of carbonyl (C=O) groups excluding carboxylic acids is 1. The summed E-state index contributed by atoms with van der Waals surface area (Å²) in [7, 11) is 3.33. The van der Waals surface area contributed by atoms with Crippen molar-refractivity contribution >= 4 is 5.97 Å². The van der Waals surface area contributed by atoms with Crippen LogP contribution in [-0.2, 0) is 16.0 Å². The maximum absolute atomic E-state index is 12.2. The van der Waals surface area contributed by atoms with Gasteiger partial charge in [0.1, 0.15) is 12.1 Å². The molecule has 156 valence electrons. The standard InChI is InChI=1S/C22H34N2O4/c1-13(2)8-16-12-24-7-6-15-9-20(26-4)21(27-5)10-17(15)18(24)11-19(16)28-22(25)14(3)23/h9-10,13-14,16,18-19H,6-8,11-12,23H2,1-5H3/t14-,16-,18-,19-/m1/s1. The summed E-state index contributed by atoms with van der Waals surface area (Å²) in [6, 6.07) is 3.81. The van der Waals surface area contributed by atoms with Crippen LogP contribution in [0.5, 0.6) is 11.5 Å². The maximum atomic E-state index is 12.2. The van der Waals surface area contributed by atoms with E-state index >= 15 is 0 Å². The molecule has 1 aromatic rings. The van der Waals surface area contributed by atoms with Crippen molar-refractivity contribution in [2.24, 2.45) is 17.6 Å². The van der Waals surface area contributed by atoms with Crippen molar-refractivity contribution in [1.82, 2.24) is 4.90 Å². The molecule has 6 nitrogen and oxygen atoms in total. The minimum atomic E-state index is -0.597. The summed E-state index contributed by atoms with van der Waals surface area (Å²) in [5.74, 6) is 2.09. The highest BCUT2D eigenvalue weighted by molar-refractivity contribution is 5.75. The Hall–Kier alpha value is -1.79. The first-order valence-electron chi connectivity index (χ1n) is 10.3. The summed E-state index contributed by atoms with van der Waals surface area (Å²) in [5.41, 5.74) is 8.31. The largest absolute Gasteiger partial charge is 0.493 e. The molecule has 0 spiro atoms. The van der Waals surface area contributed by atoms with Crippen LogP contribution in [0, 0.1) is 11.8 Å². The van der Waals surface area contributed by atoms with Crippen LogP contribution in [0.4, 0.5) is 0 Å². The summed E-state index contributed by atoms with van der Waals surface area (Å²) in [4.78, 5) is 14.8. The van der Waals surface area contributed by atoms with Gasteiger partial charge in [-0.05, 0) is 48.9 Å². The first-order valence-corrected chi connectivity index (χ1v) is 10.3. The van der Waals surface area contributed by atoms with Crippen molar-refractivity contribution in [2.45, 2.75) is 58.2 Å². The molecule has 2 heterocycles. The van der Waals surface area contributed by atoms with E-state index in [-0.39, 0.29) is 18.1 Å². The molecule has 0 unspecified atom stereocenters. The molecule has 1 aromatic carbocycles. The number of benzene rings is 1. The monoisotopic (exact) mass is 390 g/mol. The minimum absolute atomic E-state index is 0.110. The zero-order valence-corrected chi connectivity index (χ0v) is 17.7. The molecule has 2 aliphatic heterocycles. The highest BCUT2D eigenvalue weighted by Gasteiger charge is 2.41. The van der Waals surface area contributed by atoms with Gasteiger partial charge in [0.2, 0.25) is 0 Å². The van der Waals surface area contributed by atoms with Gasteiger partial charge in [0, 0.05) is 31.5 Å². The second-order valence-corrected chi connectivity index (χ2v) is 8.56. The molecule has 2 aliphatic rings. The molecule has 6 heteroatoms.